The van der Waals surface area contributed by atoms with Crippen molar-refractivity contribution in [1.82, 2.24) is 30.7 Å². The van der Waals surface area contributed by atoms with E-state index in [1.807, 2.05) is 46.4 Å². The van der Waals surface area contributed by atoms with Gasteiger partial charge in [-0.15, -0.1) is 11.6 Å². The summed E-state index contributed by atoms with van der Waals surface area (Å²) in [5, 5.41) is 8.35. The number of hydrogen-bond donors (Lipinski definition) is 3. The second-order valence-electron chi connectivity index (χ2n) is 13.3. The molecule has 0 unspecified atom stereocenters. The highest BCUT2D eigenvalue weighted by molar-refractivity contribution is 6.18. The molecule has 4 saturated heterocycles. The van der Waals surface area contributed by atoms with Gasteiger partial charge in [-0.1, -0.05) is 0 Å². The fourth-order valence-corrected chi connectivity index (χ4v) is 5.06. The van der Waals surface area contributed by atoms with E-state index in [0.29, 0.717) is 38.6 Å². The monoisotopic (exact) mass is 646 g/mol. The second kappa shape index (κ2) is 18.3. The third-order valence-electron chi connectivity index (χ3n) is 7.14. The van der Waals surface area contributed by atoms with Crippen LogP contribution in [0.1, 0.15) is 80.1 Å². The van der Waals surface area contributed by atoms with Gasteiger partial charge in [-0.05, 0) is 80.1 Å². The fraction of sp³-hybridized carbons (Fsp3) is 0.867. The number of nitrogens with zero attached hydrogens (tertiary/aromatic N) is 3. The molecule has 4 rings (SSSR count). The molecule has 14 heteroatoms. The Morgan fingerprint density at radius 1 is 0.864 bits per heavy atom. The number of piperidine rings is 2. The summed E-state index contributed by atoms with van der Waals surface area (Å²) in [6.07, 6.45) is 5.12. The number of amides is 6. The maximum absolute atomic E-state index is 11.9. The van der Waals surface area contributed by atoms with Crippen LogP contribution >= 0.6 is 11.6 Å². The van der Waals surface area contributed by atoms with E-state index in [0.717, 1.165) is 52.0 Å². The maximum Gasteiger partial charge on any atom is 0.410 e. The van der Waals surface area contributed by atoms with Crippen LogP contribution in [0, 0.1) is 0 Å². The zero-order chi connectivity index (χ0) is 32.8. The van der Waals surface area contributed by atoms with Gasteiger partial charge in [-0.3, -0.25) is 0 Å². The van der Waals surface area contributed by atoms with Crippen LogP contribution in [-0.2, 0) is 14.2 Å². The van der Waals surface area contributed by atoms with E-state index in [2.05, 4.69) is 16.0 Å². The van der Waals surface area contributed by atoms with Crippen LogP contribution in [0.25, 0.3) is 0 Å². The number of likely N-dealkylation sites (tertiary alicyclic amines) is 2. The standard InChI is InChI=1S/C13H24ClN3O3.C13H23N3O3.C4H8O/c1-13(2,3)20-12(19)17-8-4-10(5-9-17)16-11(18)15-7-6-14;1-13(2,3)19-12(18)15-7-4-10(5-8-15)16-9-6-14-11(16)17;1-2-4-5-3-1/h10H,4-9H2,1-3H3,(H2,15,16,18);10H,4-9H2,1-3H3,(H,14,17);1-4H2. The van der Waals surface area contributed by atoms with Gasteiger partial charge in [-0.25, -0.2) is 19.2 Å². The Morgan fingerprint density at radius 2 is 1.36 bits per heavy atom. The molecule has 3 N–H and O–H groups in total. The Bertz CT molecular complexity index is 899. The average Bonchev–Trinajstić information content (AvgIpc) is 3.66. The number of urea groups is 2. The zero-order valence-electron chi connectivity index (χ0n) is 27.5. The van der Waals surface area contributed by atoms with Crippen molar-refractivity contribution in [2.45, 2.75) is 103 Å². The van der Waals surface area contributed by atoms with E-state index in [-0.39, 0.29) is 36.3 Å². The van der Waals surface area contributed by atoms with Crippen LogP contribution in [0.2, 0.25) is 0 Å². The lowest BCUT2D eigenvalue weighted by atomic mass is 10.0. The fourth-order valence-electron chi connectivity index (χ4n) is 4.96. The molecule has 44 heavy (non-hydrogen) atoms. The predicted octanol–water partition coefficient (Wildman–Crippen LogP) is 4.13. The average molecular weight is 647 g/mol. The smallest absolute Gasteiger partial charge is 0.410 e. The van der Waals surface area contributed by atoms with Crippen molar-refractivity contribution in [3.8, 4) is 0 Å². The minimum atomic E-state index is -0.479. The molecule has 4 heterocycles. The van der Waals surface area contributed by atoms with Crippen LogP contribution in [0.4, 0.5) is 19.2 Å². The molecule has 13 nitrogen and oxygen atoms in total. The first-order valence-corrected chi connectivity index (χ1v) is 16.4. The summed E-state index contributed by atoms with van der Waals surface area (Å²) in [6, 6.07) is 0.155. The summed E-state index contributed by atoms with van der Waals surface area (Å²) in [5.41, 5.74) is -0.934. The molecule has 4 aliphatic rings. The van der Waals surface area contributed by atoms with Crippen LogP contribution in [0.5, 0.6) is 0 Å². The number of alkyl halides is 1. The molecular weight excluding hydrogens is 592 g/mol. The van der Waals surface area contributed by atoms with Gasteiger partial charge < -0.3 is 44.9 Å². The summed E-state index contributed by atoms with van der Waals surface area (Å²) in [6.45, 7) is 17.6. The minimum absolute atomic E-state index is 0.0238. The van der Waals surface area contributed by atoms with E-state index < -0.39 is 11.2 Å². The Morgan fingerprint density at radius 3 is 1.75 bits per heavy atom. The molecule has 0 radical (unpaired) electrons. The first-order chi connectivity index (χ1) is 20.7. The van der Waals surface area contributed by atoms with Crippen LogP contribution in [0.15, 0.2) is 0 Å². The lowest BCUT2D eigenvalue weighted by molar-refractivity contribution is 0.0167. The van der Waals surface area contributed by atoms with Gasteiger partial charge in [0.15, 0.2) is 0 Å². The molecule has 0 saturated carbocycles. The molecule has 254 valence electrons. The summed E-state index contributed by atoms with van der Waals surface area (Å²) in [4.78, 5) is 52.2. The van der Waals surface area contributed by atoms with Gasteiger partial charge in [0.1, 0.15) is 11.2 Å². The van der Waals surface area contributed by atoms with Crippen LogP contribution < -0.4 is 16.0 Å². The Kier molecular flexibility index (Phi) is 15.6. The molecule has 0 aromatic heterocycles. The molecule has 0 spiro atoms. The summed E-state index contributed by atoms with van der Waals surface area (Å²) in [5.74, 6) is 0.393. The summed E-state index contributed by atoms with van der Waals surface area (Å²) >= 11 is 5.49. The van der Waals surface area contributed by atoms with Gasteiger partial charge in [0.25, 0.3) is 0 Å². The molecular formula is C30H55ClN6O7. The topological polar surface area (TPSA) is 142 Å². The minimum Gasteiger partial charge on any atom is -0.444 e. The van der Waals surface area contributed by atoms with Gasteiger partial charge >= 0.3 is 24.2 Å². The number of carbonyl (C=O) groups is 4. The van der Waals surface area contributed by atoms with Crippen molar-refractivity contribution in [1.29, 1.82) is 0 Å². The van der Waals surface area contributed by atoms with E-state index in [9.17, 15) is 19.2 Å². The SMILES string of the molecule is C1CCOC1.CC(C)(C)OC(=O)N1CCC(N2CCNC2=O)CC1.CC(C)(C)OC(=O)N1CCC(NC(=O)NCCCl)CC1. The number of carbonyl (C=O) groups excluding carboxylic acids is 4. The Balaban J connectivity index is 0.000000264. The largest absolute Gasteiger partial charge is 0.444 e. The highest BCUT2D eigenvalue weighted by atomic mass is 35.5. The van der Waals surface area contributed by atoms with Crippen molar-refractivity contribution >= 4 is 35.8 Å². The molecule has 4 aliphatic heterocycles. The normalized spacial score (nSPS) is 19.6. The van der Waals surface area contributed by atoms with Gasteiger partial charge in [0, 0.05) is 77.0 Å². The van der Waals surface area contributed by atoms with E-state index in [4.69, 9.17) is 25.8 Å². The molecule has 0 aliphatic carbocycles. The zero-order valence-corrected chi connectivity index (χ0v) is 28.3. The number of hydrogen-bond acceptors (Lipinski definition) is 7. The van der Waals surface area contributed by atoms with Gasteiger partial charge in [-0.2, -0.15) is 0 Å². The summed E-state index contributed by atoms with van der Waals surface area (Å²) < 4.78 is 15.6. The van der Waals surface area contributed by atoms with Crippen LogP contribution in [-0.4, -0.2) is 127 Å². The van der Waals surface area contributed by atoms with Crippen molar-refractivity contribution in [3.05, 3.63) is 0 Å². The maximum atomic E-state index is 11.9. The van der Waals surface area contributed by atoms with Crippen molar-refractivity contribution in [2.75, 3.05) is 64.9 Å². The Labute approximate surface area is 268 Å². The highest BCUT2D eigenvalue weighted by Crippen LogP contribution is 2.20. The molecule has 0 aromatic rings. The molecule has 0 bridgehead atoms. The second-order valence-corrected chi connectivity index (χ2v) is 13.7. The number of halogens is 1. The lowest BCUT2D eigenvalue weighted by Crippen LogP contribution is -2.50. The highest BCUT2D eigenvalue weighted by Gasteiger charge is 2.33. The Hall–Kier alpha value is -2.67. The van der Waals surface area contributed by atoms with E-state index in [1.165, 1.54) is 12.8 Å². The van der Waals surface area contributed by atoms with Crippen molar-refractivity contribution < 1.29 is 33.4 Å². The number of nitrogens with one attached hydrogen (secondary N) is 3. The summed E-state index contributed by atoms with van der Waals surface area (Å²) in [7, 11) is 0. The molecule has 6 amide bonds. The third kappa shape index (κ3) is 14.9. The lowest BCUT2D eigenvalue weighted by Gasteiger charge is -2.36. The quantitative estimate of drug-likeness (QED) is 0.390. The first-order valence-electron chi connectivity index (χ1n) is 15.9. The molecule has 0 atom stereocenters. The predicted molar refractivity (Wildman–Crippen MR) is 169 cm³/mol. The van der Waals surface area contributed by atoms with E-state index >= 15 is 0 Å². The molecule has 0 aromatic carbocycles. The number of rotatable bonds is 4. The first kappa shape index (κ1) is 37.5. The third-order valence-corrected chi connectivity index (χ3v) is 7.32. The van der Waals surface area contributed by atoms with Crippen molar-refractivity contribution in [3.63, 3.8) is 0 Å². The van der Waals surface area contributed by atoms with Crippen molar-refractivity contribution in [2.24, 2.45) is 0 Å². The van der Waals surface area contributed by atoms with Gasteiger partial charge in [0.2, 0.25) is 0 Å². The van der Waals surface area contributed by atoms with Crippen LogP contribution in [0.3, 0.4) is 0 Å². The number of ether oxygens (including phenoxy) is 3. The molecule has 4 fully saturated rings. The van der Waals surface area contributed by atoms with Gasteiger partial charge in [0.05, 0.1) is 0 Å². The van der Waals surface area contributed by atoms with E-state index in [1.54, 1.807) is 9.80 Å².